The molecule has 0 radical (unpaired) electrons. The maximum Gasteiger partial charge on any atom is 0.343 e. The molecule has 1 amide bonds. The van der Waals surface area contributed by atoms with Crippen LogP contribution in [0.4, 0.5) is 0 Å². The van der Waals surface area contributed by atoms with Crippen LogP contribution >= 0.6 is 15.9 Å². The molecule has 7 nitrogen and oxygen atoms in total. The molecular formula is C26H25BrN2O5. The van der Waals surface area contributed by atoms with Crippen LogP contribution in [0.3, 0.4) is 0 Å². The van der Waals surface area contributed by atoms with E-state index in [1.165, 1.54) is 13.3 Å². The van der Waals surface area contributed by atoms with E-state index in [-0.39, 0.29) is 11.7 Å². The lowest BCUT2D eigenvalue weighted by Gasteiger charge is -2.10. The summed E-state index contributed by atoms with van der Waals surface area (Å²) in [5.41, 5.74) is 4.00. The normalized spacial score (nSPS) is 10.7. The quantitative estimate of drug-likeness (QED) is 0.122. The second-order valence-electron chi connectivity index (χ2n) is 7.21. The summed E-state index contributed by atoms with van der Waals surface area (Å²) in [5.74, 6) is 0.473. The second-order valence-corrected chi connectivity index (χ2v) is 8.06. The number of esters is 1. The van der Waals surface area contributed by atoms with Crippen LogP contribution in [-0.4, -0.2) is 31.8 Å². The number of rotatable bonds is 10. The van der Waals surface area contributed by atoms with E-state index in [2.05, 4.69) is 33.4 Å². The Morgan fingerprint density at radius 3 is 2.50 bits per heavy atom. The van der Waals surface area contributed by atoms with Gasteiger partial charge in [0.1, 0.15) is 5.75 Å². The van der Waals surface area contributed by atoms with E-state index < -0.39 is 5.97 Å². The number of hydrogen-bond acceptors (Lipinski definition) is 6. The highest BCUT2D eigenvalue weighted by atomic mass is 79.9. The lowest BCUT2D eigenvalue weighted by molar-refractivity contribution is 0.0729. The van der Waals surface area contributed by atoms with Crippen molar-refractivity contribution in [2.24, 2.45) is 5.10 Å². The predicted octanol–water partition coefficient (Wildman–Crippen LogP) is 5.62. The summed E-state index contributed by atoms with van der Waals surface area (Å²) in [7, 11) is 1.48. The summed E-state index contributed by atoms with van der Waals surface area (Å²) in [6.45, 7) is 2.74. The molecule has 3 aromatic carbocycles. The van der Waals surface area contributed by atoms with Gasteiger partial charge in [0.15, 0.2) is 11.5 Å². The Labute approximate surface area is 206 Å². The van der Waals surface area contributed by atoms with E-state index in [0.29, 0.717) is 39.3 Å². The van der Waals surface area contributed by atoms with Gasteiger partial charge in [0.2, 0.25) is 0 Å². The van der Waals surface area contributed by atoms with E-state index in [0.717, 1.165) is 12.8 Å². The van der Waals surface area contributed by atoms with Crippen molar-refractivity contribution in [2.75, 3.05) is 13.7 Å². The van der Waals surface area contributed by atoms with Crippen molar-refractivity contribution in [2.45, 2.75) is 19.8 Å². The van der Waals surface area contributed by atoms with Crippen LogP contribution < -0.4 is 19.6 Å². The van der Waals surface area contributed by atoms with Crippen LogP contribution in [0.25, 0.3) is 0 Å². The summed E-state index contributed by atoms with van der Waals surface area (Å²) in [5, 5.41) is 3.99. The highest BCUT2D eigenvalue weighted by Crippen LogP contribution is 2.28. The molecule has 0 aliphatic rings. The van der Waals surface area contributed by atoms with Crippen molar-refractivity contribution in [3.63, 3.8) is 0 Å². The van der Waals surface area contributed by atoms with Crippen molar-refractivity contribution < 1.29 is 23.8 Å². The van der Waals surface area contributed by atoms with Crippen molar-refractivity contribution in [1.82, 2.24) is 5.43 Å². The van der Waals surface area contributed by atoms with Gasteiger partial charge in [-0.1, -0.05) is 25.5 Å². The van der Waals surface area contributed by atoms with E-state index in [1.807, 2.05) is 6.07 Å². The molecule has 0 aliphatic heterocycles. The zero-order valence-corrected chi connectivity index (χ0v) is 20.5. The molecule has 0 fully saturated rings. The molecule has 0 saturated heterocycles. The first-order valence-electron chi connectivity index (χ1n) is 10.7. The fourth-order valence-corrected chi connectivity index (χ4v) is 3.37. The van der Waals surface area contributed by atoms with Gasteiger partial charge in [-0.15, -0.1) is 0 Å². The summed E-state index contributed by atoms with van der Waals surface area (Å²) in [4.78, 5) is 24.8. The standard InChI is InChI=1S/C26H25BrN2O5/c1-3-4-15-33-20-12-10-19(11-13-20)26(31)34-23-14-9-18(16-24(23)32-2)17-28-29-25(30)21-7-5-6-8-22(21)27/h5-14,16-17H,3-4,15H2,1-2H3,(H,29,30)/b28-17+. The van der Waals surface area contributed by atoms with Gasteiger partial charge in [-0.3, -0.25) is 4.79 Å². The van der Waals surface area contributed by atoms with E-state index >= 15 is 0 Å². The Kier molecular flexibility index (Phi) is 9.22. The highest BCUT2D eigenvalue weighted by Gasteiger charge is 2.13. The average molecular weight is 525 g/mol. The number of nitrogens with one attached hydrogen (secondary N) is 1. The number of benzene rings is 3. The van der Waals surface area contributed by atoms with Crippen LogP contribution in [0.1, 0.15) is 46.0 Å². The summed E-state index contributed by atoms with van der Waals surface area (Å²) in [6, 6.07) is 18.8. The molecule has 0 spiro atoms. The number of hydrazone groups is 1. The molecule has 0 saturated carbocycles. The largest absolute Gasteiger partial charge is 0.494 e. The summed E-state index contributed by atoms with van der Waals surface area (Å²) in [6.07, 6.45) is 3.50. The monoisotopic (exact) mass is 524 g/mol. The highest BCUT2D eigenvalue weighted by molar-refractivity contribution is 9.10. The molecule has 3 rings (SSSR count). The van der Waals surface area contributed by atoms with Crippen molar-refractivity contribution in [1.29, 1.82) is 0 Å². The number of unbranched alkanes of at least 4 members (excludes halogenated alkanes) is 1. The van der Waals surface area contributed by atoms with Crippen LogP contribution in [0.15, 0.2) is 76.3 Å². The van der Waals surface area contributed by atoms with Crippen LogP contribution in [0, 0.1) is 0 Å². The number of methoxy groups -OCH3 is 1. The lowest BCUT2D eigenvalue weighted by Crippen LogP contribution is -2.18. The number of carbonyl (C=O) groups is 2. The van der Waals surface area contributed by atoms with Crippen LogP contribution in [0.5, 0.6) is 17.2 Å². The Morgan fingerprint density at radius 2 is 1.79 bits per heavy atom. The van der Waals surface area contributed by atoms with Crippen molar-refractivity contribution in [3.8, 4) is 17.2 Å². The first-order chi connectivity index (χ1) is 16.5. The molecule has 3 aromatic rings. The number of carbonyl (C=O) groups excluding carboxylic acids is 2. The minimum atomic E-state index is -0.513. The maximum absolute atomic E-state index is 12.6. The number of ether oxygens (including phenoxy) is 3. The molecule has 0 atom stereocenters. The predicted molar refractivity (Wildman–Crippen MR) is 134 cm³/mol. The number of hydrogen-bond donors (Lipinski definition) is 1. The Hall–Kier alpha value is -3.65. The summed E-state index contributed by atoms with van der Waals surface area (Å²) < 4.78 is 17.2. The maximum atomic E-state index is 12.6. The molecule has 0 aromatic heterocycles. The van der Waals surface area contributed by atoms with Gasteiger partial charge < -0.3 is 14.2 Å². The van der Waals surface area contributed by atoms with Gasteiger partial charge in [-0.05, 0) is 82.5 Å². The van der Waals surface area contributed by atoms with Crippen molar-refractivity contribution in [3.05, 3.63) is 87.9 Å². The molecule has 176 valence electrons. The molecule has 8 heteroatoms. The number of halogens is 1. The third-order valence-electron chi connectivity index (χ3n) is 4.75. The third kappa shape index (κ3) is 6.92. The zero-order valence-electron chi connectivity index (χ0n) is 18.9. The van der Waals surface area contributed by atoms with Crippen molar-refractivity contribution >= 4 is 34.0 Å². The fraction of sp³-hybridized carbons (Fsp3) is 0.192. The molecule has 0 aliphatic carbocycles. The average Bonchev–Trinajstić information content (AvgIpc) is 2.85. The molecule has 0 unspecified atom stereocenters. The van der Waals surface area contributed by atoms with Gasteiger partial charge in [0.05, 0.1) is 31.1 Å². The van der Waals surface area contributed by atoms with Gasteiger partial charge in [0.25, 0.3) is 5.91 Å². The topological polar surface area (TPSA) is 86.2 Å². The van der Waals surface area contributed by atoms with Crippen LogP contribution in [-0.2, 0) is 0 Å². The molecule has 34 heavy (non-hydrogen) atoms. The van der Waals surface area contributed by atoms with E-state index in [9.17, 15) is 9.59 Å². The first kappa shape index (κ1) is 25.0. The number of nitrogens with zero attached hydrogens (tertiary/aromatic N) is 1. The van der Waals surface area contributed by atoms with E-state index in [1.54, 1.807) is 60.7 Å². The van der Waals surface area contributed by atoms with Gasteiger partial charge in [-0.25, -0.2) is 10.2 Å². The Bertz CT molecular complexity index is 1160. The minimum absolute atomic E-state index is 0.269. The first-order valence-corrected chi connectivity index (χ1v) is 11.5. The van der Waals surface area contributed by atoms with E-state index in [4.69, 9.17) is 14.2 Å². The SMILES string of the molecule is CCCCOc1ccc(C(=O)Oc2ccc(/C=N/NC(=O)c3ccccc3Br)cc2OC)cc1. The van der Waals surface area contributed by atoms with Crippen LogP contribution in [0.2, 0.25) is 0 Å². The van der Waals surface area contributed by atoms with Gasteiger partial charge in [0, 0.05) is 4.47 Å². The lowest BCUT2D eigenvalue weighted by atomic mass is 10.2. The van der Waals surface area contributed by atoms with Gasteiger partial charge >= 0.3 is 5.97 Å². The third-order valence-corrected chi connectivity index (χ3v) is 5.44. The Morgan fingerprint density at radius 1 is 1.03 bits per heavy atom. The number of amides is 1. The second kappa shape index (κ2) is 12.6. The molecule has 1 N–H and O–H groups in total. The smallest absolute Gasteiger partial charge is 0.343 e. The summed E-state index contributed by atoms with van der Waals surface area (Å²) >= 11 is 3.34. The molecular weight excluding hydrogens is 500 g/mol. The zero-order chi connectivity index (χ0) is 24.3. The minimum Gasteiger partial charge on any atom is -0.494 e. The molecule has 0 heterocycles. The Balaban J connectivity index is 1.62. The van der Waals surface area contributed by atoms with Gasteiger partial charge in [-0.2, -0.15) is 5.10 Å². The molecule has 0 bridgehead atoms. The fourth-order valence-electron chi connectivity index (χ4n) is 2.90.